The van der Waals surface area contributed by atoms with Gasteiger partial charge in [0.05, 0.1) is 5.60 Å². The minimum atomic E-state index is -0.841. The molecule has 4 rings (SSSR count). The SMILES string of the molecule is O=C(NCC1(O)Cc2ccccc2C1)C1=CC2CC/C=C\CCC12. The summed E-state index contributed by atoms with van der Waals surface area (Å²) in [4.78, 5) is 12.5. The van der Waals surface area contributed by atoms with Crippen molar-refractivity contribution in [1.82, 2.24) is 5.32 Å². The first-order valence-corrected chi connectivity index (χ1v) is 9.09. The van der Waals surface area contributed by atoms with Crippen LogP contribution in [0, 0.1) is 11.8 Å². The van der Waals surface area contributed by atoms with Crippen molar-refractivity contribution in [3.63, 3.8) is 0 Å². The van der Waals surface area contributed by atoms with Crippen LogP contribution in [-0.4, -0.2) is 23.2 Å². The maximum absolute atomic E-state index is 12.5. The molecule has 0 bridgehead atoms. The second kappa shape index (κ2) is 6.21. The highest BCUT2D eigenvalue weighted by Crippen LogP contribution is 2.41. The van der Waals surface area contributed by atoms with Gasteiger partial charge in [-0.1, -0.05) is 42.5 Å². The van der Waals surface area contributed by atoms with Crippen molar-refractivity contribution in [3.05, 3.63) is 59.2 Å². The third kappa shape index (κ3) is 2.93. The Morgan fingerprint density at radius 3 is 2.50 bits per heavy atom. The average Bonchev–Trinajstić information content (AvgIpc) is 2.88. The Morgan fingerprint density at radius 1 is 1.12 bits per heavy atom. The molecule has 0 spiro atoms. The molecule has 0 aliphatic heterocycles. The predicted molar refractivity (Wildman–Crippen MR) is 94.5 cm³/mol. The van der Waals surface area contributed by atoms with Crippen LogP contribution in [0.3, 0.4) is 0 Å². The Hall–Kier alpha value is -1.87. The van der Waals surface area contributed by atoms with Crippen molar-refractivity contribution >= 4 is 5.91 Å². The van der Waals surface area contributed by atoms with Gasteiger partial charge in [-0.25, -0.2) is 0 Å². The molecule has 0 radical (unpaired) electrons. The minimum Gasteiger partial charge on any atom is -0.387 e. The van der Waals surface area contributed by atoms with Gasteiger partial charge in [0.15, 0.2) is 0 Å². The highest BCUT2D eigenvalue weighted by Gasteiger charge is 2.38. The molecule has 126 valence electrons. The zero-order chi connectivity index (χ0) is 16.6. The molecule has 3 aliphatic rings. The van der Waals surface area contributed by atoms with Gasteiger partial charge in [-0.15, -0.1) is 0 Å². The van der Waals surface area contributed by atoms with Crippen LogP contribution in [0.25, 0.3) is 0 Å². The lowest BCUT2D eigenvalue weighted by molar-refractivity contribution is -0.120. The third-order valence-corrected chi connectivity index (χ3v) is 5.79. The number of aliphatic hydroxyl groups is 1. The number of rotatable bonds is 3. The maximum atomic E-state index is 12.5. The summed E-state index contributed by atoms with van der Waals surface area (Å²) in [5.74, 6) is 0.991. The highest BCUT2D eigenvalue weighted by atomic mass is 16.3. The summed E-state index contributed by atoms with van der Waals surface area (Å²) in [7, 11) is 0. The molecular weight excluding hydrogens is 298 g/mol. The summed E-state index contributed by atoms with van der Waals surface area (Å²) in [6.45, 7) is 0.329. The molecule has 2 unspecified atom stereocenters. The van der Waals surface area contributed by atoms with E-state index in [1.165, 1.54) is 11.1 Å². The normalized spacial score (nSPS) is 28.5. The van der Waals surface area contributed by atoms with Crippen molar-refractivity contribution < 1.29 is 9.90 Å². The van der Waals surface area contributed by atoms with E-state index in [0.717, 1.165) is 31.3 Å². The van der Waals surface area contributed by atoms with Crippen LogP contribution in [-0.2, 0) is 17.6 Å². The number of carbonyl (C=O) groups excluding carboxylic acids is 1. The number of nitrogens with one attached hydrogen (secondary N) is 1. The summed E-state index contributed by atoms with van der Waals surface area (Å²) in [5, 5.41) is 13.8. The lowest BCUT2D eigenvalue weighted by atomic mass is 9.69. The molecule has 3 heteroatoms. The fourth-order valence-electron chi connectivity index (χ4n) is 4.43. The monoisotopic (exact) mass is 323 g/mol. The van der Waals surface area contributed by atoms with E-state index in [1.54, 1.807) is 0 Å². The topological polar surface area (TPSA) is 49.3 Å². The van der Waals surface area contributed by atoms with Gasteiger partial charge in [0.25, 0.3) is 0 Å². The zero-order valence-corrected chi connectivity index (χ0v) is 14.0. The van der Waals surface area contributed by atoms with E-state index >= 15 is 0 Å². The first kappa shape index (κ1) is 15.6. The number of fused-ring (bicyclic) bond motifs is 2. The van der Waals surface area contributed by atoms with Crippen LogP contribution in [0.1, 0.15) is 36.8 Å². The zero-order valence-electron chi connectivity index (χ0n) is 14.0. The van der Waals surface area contributed by atoms with Crippen LogP contribution < -0.4 is 5.32 Å². The molecule has 3 nitrogen and oxygen atoms in total. The average molecular weight is 323 g/mol. The molecule has 3 aliphatic carbocycles. The number of benzene rings is 1. The number of amides is 1. The Morgan fingerprint density at radius 2 is 1.79 bits per heavy atom. The Kier molecular flexibility index (Phi) is 4.05. The van der Waals surface area contributed by atoms with E-state index in [1.807, 2.05) is 12.1 Å². The van der Waals surface area contributed by atoms with E-state index < -0.39 is 5.60 Å². The second-order valence-electron chi connectivity index (χ2n) is 7.55. The van der Waals surface area contributed by atoms with Crippen LogP contribution in [0.5, 0.6) is 0 Å². The predicted octanol–water partition coefficient (Wildman–Crippen LogP) is 2.94. The second-order valence-corrected chi connectivity index (χ2v) is 7.55. The fraction of sp³-hybridized carbons (Fsp3) is 0.476. The molecule has 0 heterocycles. The van der Waals surface area contributed by atoms with E-state index in [4.69, 9.17) is 0 Å². The summed E-state index contributed by atoms with van der Waals surface area (Å²) in [5.41, 5.74) is 2.49. The minimum absolute atomic E-state index is 0.0187. The fourth-order valence-corrected chi connectivity index (χ4v) is 4.43. The summed E-state index contributed by atoms with van der Waals surface area (Å²) in [6.07, 6.45) is 12.3. The van der Waals surface area contributed by atoms with Gasteiger partial charge in [0.1, 0.15) is 0 Å². The summed E-state index contributed by atoms with van der Waals surface area (Å²) in [6, 6.07) is 8.14. The Balaban J connectivity index is 1.35. The standard InChI is InChI=1S/C21H25NO2/c23-20(19-11-15-7-3-1-2-4-10-18(15)19)22-14-21(24)12-16-8-5-6-9-17(16)13-21/h1-2,5-6,8-9,11,15,18,24H,3-4,7,10,12-14H2,(H,22,23)/b2-1-. The van der Waals surface area contributed by atoms with Crippen molar-refractivity contribution in [2.75, 3.05) is 6.54 Å². The van der Waals surface area contributed by atoms with Gasteiger partial charge in [0, 0.05) is 25.0 Å². The van der Waals surface area contributed by atoms with Crippen molar-refractivity contribution in [1.29, 1.82) is 0 Å². The molecule has 1 aromatic rings. The van der Waals surface area contributed by atoms with Gasteiger partial charge in [-0.2, -0.15) is 0 Å². The Labute approximate surface area is 143 Å². The lowest BCUT2D eigenvalue weighted by Gasteiger charge is -2.36. The summed E-state index contributed by atoms with van der Waals surface area (Å²) >= 11 is 0. The molecule has 0 fully saturated rings. The first-order valence-electron chi connectivity index (χ1n) is 9.09. The van der Waals surface area contributed by atoms with Gasteiger partial charge < -0.3 is 10.4 Å². The third-order valence-electron chi connectivity index (χ3n) is 5.79. The van der Waals surface area contributed by atoms with Crippen LogP contribution in [0.2, 0.25) is 0 Å². The molecule has 0 aromatic heterocycles. The lowest BCUT2D eigenvalue weighted by Crippen LogP contribution is -2.46. The van der Waals surface area contributed by atoms with Crippen LogP contribution in [0.4, 0.5) is 0 Å². The molecule has 2 N–H and O–H groups in total. The number of carbonyl (C=O) groups is 1. The van der Waals surface area contributed by atoms with Crippen LogP contribution in [0.15, 0.2) is 48.1 Å². The number of hydrogen-bond donors (Lipinski definition) is 2. The smallest absolute Gasteiger partial charge is 0.247 e. The quantitative estimate of drug-likeness (QED) is 0.840. The van der Waals surface area contributed by atoms with Crippen LogP contribution >= 0.6 is 0 Å². The summed E-state index contributed by atoms with van der Waals surface area (Å²) < 4.78 is 0. The number of allylic oxidation sites excluding steroid dienone is 3. The van der Waals surface area contributed by atoms with Gasteiger partial charge >= 0.3 is 0 Å². The number of hydrogen-bond acceptors (Lipinski definition) is 2. The van der Waals surface area contributed by atoms with Gasteiger partial charge in [-0.3, -0.25) is 4.79 Å². The maximum Gasteiger partial charge on any atom is 0.247 e. The van der Waals surface area contributed by atoms with Crippen molar-refractivity contribution in [2.45, 2.75) is 44.1 Å². The van der Waals surface area contributed by atoms with Gasteiger partial charge in [-0.05, 0) is 48.6 Å². The molecular formula is C21H25NO2. The molecule has 1 aromatic carbocycles. The highest BCUT2D eigenvalue weighted by molar-refractivity contribution is 5.95. The van der Waals surface area contributed by atoms with E-state index in [2.05, 4.69) is 35.7 Å². The van der Waals surface area contributed by atoms with E-state index in [0.29, 0.717) is 31.2 Å². The van der Waals surface area contributed by atoms with E-state index in [-0.39, 0.29) is 5.91 Å². The molecule has 1 amide bonds. The van der Waals surface area contributed by atoms with Crippen molar-refractivity contribution in [3.8, 4) is 0 Å². The van der Waals surface area contributed by atoms with E-state index in [9.17, 15) is 9.90 Å². The first-order chi connectivity index (χ1) is 11.6. The molecule has 0 saturated carbocycles. The van der Waals surface area contributed by atoms with Gasteiger partial charge in [0.2, 0.25) is 5.91 Å². The van der Waals surface area contributed by atoms with Crippen molar-refractivity contribution in [2.24, 2.45) is 11.8 Å². The molecule has 0 saturated heterocycles. The molecule has 24 heavy (non-hydrogen) atoms. The largest absolute Gasteiger partial charge is 0.387 e. The Bertz CT molecular complexity index is 679. The molecule has 2 atom stereocenters.